The summed E-state index contributed by atoms with van der Waals surface area (Å²) >= 11 is 0. The number of likely N-dealkylation sites (N-methyl/N-ethyl adjacent to an activating group) is 1. The number of rotatable bonds is 4. The van der Waals surface area contributed by atoms with E-state index in [4.69, 9.17) is 5.11 Å². The minimum Gasteiger partial charge on any atom is -0.389 e. The van der Waals surface area contributed by atoms with Crippen LogP contribution in [-0.2, 0) is 10.0 Å². The third-order valence-corrected chi connectivity index (χ3v) is 4.36. The molecule has 0 radical (unpaired) electrons. The molecule has 1 aromatic rings. The summed E-state index contributed by atoms with van der Waals surface area (Å²) in [4.78, 5) is -0.221. The molecule has 2 N–H and O–H groups in total. The molecule has 0 heterocycles. The first-order chi connectivity index (χ1) is 9.58. The highest BCUT2D eigenvalue weighted by Gasteiger charge is 2.26. The predicted octanol–water partition coefficient (Wildman–Crippen LogP) is 0.561. The van der Waals surface area contributed by atoms with Gasteiger partial charge in [0.05, 0.1) is 16.1 Å². The van der Waals surface area contributed by atoms with E-state index in [1.807, 2.05) is 0 Å². The highest BCUT2D eigenvalue weighted by atomic mass is 32.2. The predicted molar refractivity (Wildman–Crippen MR) is 76.5 cm³/mol. The van der Waals surface area contributed by atoms with Gasteiger partial charge < -0.3 is 10.2 Å². The van der Waals surface area contributed by atoms with Crippen LogP contribution >= 0.6 is 0 Å². The van der Waals surface area contributed by atoms with Crippen LogP contribution in [0.25, 0.3) is 0 Å². The number of aliphatic hydroxyl groups excluding tert-OH is 1. The lowest BCUT2D eigenvalue weighted by Gasteiger charge is -2.25. The zero-order valence-electron chi connectivity index (χ0n) is 12.1. The average molecular weight is 315 g/mol. The molecule has 0 atom stereocenters. The number of hydrogen-bond donors (Lipinski definition) is 2. The van der Waals surface area contributed by atoms with Crippen molar-refractivity contribution >= 4 is 10.0 Å². The maximum atomic E-state index is 13.8. The van der Waals surface area contributed by atoms with E-state index in [-0.39, 0.29) is 17.0 Å². The molecule has 0 aliphatic rings. The summed E-state index contributed by atoms with van der Waals surface area (Å²) in [6.07, 6.45) is 0. The fraction of sp³-hybridized carbons (Fsp3) is 0.429. The van der Waals surface area contributed by atoms with Crippen molar-refractivity contribution in [2.24, 2.45) is 0 Å². The molecule has 7 heteroatoms. The molecule has 0 aromatic heterocycles. The minimum absolute atomic E-state index is 0.00754. The van der Waals surface area contributed by atoms with Crippen LogP contribution in [0.3, 0.4) is 0 Å². The first-order valence-electron chi connectivity index (χ1n) is 6.16. The Morgan fingerprint density at radius 1 is 1.38 bits per heavy atom. The number of aliphatic hydroxyl groups is 2. The minimum atomic E-state index is -3.90. The Morgan fingerprint density at radius 2 is 2.00 bits per heavy atom. The average Bonchev–Trinajstić information content (AvgIpc) is 2.35. The standard InChI is InChI=1S/C14H18FNO4S/c1-14(2,18)10-16(3)21(19,20)12-7-6-11(5-4-8-17)13(15)9-12/h6-7,9,17-18H,8,10H2,1-3H3. The second-order valence-corrected chi connectivity index (χ2v) is 7.22. The molecule has 21 heavy (non-hydrogen) atoms. The van der Waals surface area contributed by atoms with Gasteiger partial charge in [0.2, 0.25) is 10.0 Å². The van der Waals surface area contributed by atoms with Crippen molar-refractivity contribution in [3.05, 3.63) is 29.6 Å². The van der Waals surface area contributed by atoms with Crippen LogP contribution in [0.2, 0.25) is 0 Å². The number of hydrogen-bond acceptors (Lipinski definition) is 4. The quantitative estimate of drug-likeness (QED) is 0.796. The number of nitrogens with zero attached hydrogens (tertiary/aromatic N) is 1. The van der Waals surface area contributed by atoms with Gasteiger partial charge in [0.25, 0.3) is 0 Å². The molecule has 0 spiro atoms. The van der Waals surface area contributed by atoms with Crippen LogP contribution < -0.4 is 0 Å². The molecule has 0 bridgehead atoms. The van der Waals surface area contributed by atoms with Gasteiger partial charge in [-0.15, -0.1) is 0 Å². The molecule has 116 valence electrons. The van der Waals surface area contributed by atoms with Gasteiger partial charge in [0.1, 0.15) is 12.4 Å². The van der Waals surface area contributed by atoms with Crippen LogP contribution in [0.15, 0.2) is 23.1 Å². The van der Waals surface area contributed by atoms with Crippen LogP contribution in [0.1, 0.15) is 19.4 Å². The van der Waals surface area contributed by atoms with Crippen LogP contribution in [-0.4, -0.2) is 48.7 Å². The van der Waals surface area contributed by atoms with E-state index in [1.54, 1.807) is 0 Å². The van der Waals surface area contributed by atoms with E-state index >= 15 is 0 Å². The summed E-state index contributed by atoms with van der Waals surface area (Å²) < 4.78 is 39.3. The van der Waals surface area contributed by atoms with Crippen molar-refractivity contribution in [1.82, 2.24) is 4.31 Å². The first-order valence-corrected chi connectivity index (χ1v) is 7.60. The van der Waals surface area contributed by atoms with E-state index in [1.165, 1.54) is 33.0 Å². The van der Waals surface area contributed by atoms with E-state index < -0.39 is 28.0 Å². The summed E-state index contributed by atoms with van der Waals surface area (Å²) in [5.41, 5.74) is -1.19. The first kappa shape index (κ1) is 17.6. The molecule has 0 saturated carbocycles. The van der Waals surface area contributed by atoms with E-state index in [0.29, 0.717) is 0 Å². The summed E-state index contributed by atoms with van der Waals surface area (Å²) in [5.74, 6) is 3.89. The van der Waals surface area contributed by atoms with Crippen molar-refractivity contribution in [2.45, 2.75) is 24.3 Å². The summed E-state index contributed by atoms with van der Waals surface area (Å²) in [7, 11) is -2.59. The Balaban J connectivity index is 3.13. The van der Waals surface area contributed by atoms with Gasteiger partial charge in [-0.1, -0.05) is 11.8 Å². The molecule has 1 rings (SSSR count). The molecule has 0 fully saturated rings. The molecular weight excluding hydrogens is 297 g/mol. The zero-order valence-corrected chi connectivity index (χ0v) is 12.9. The van der Waals surface area contributed by atoms with Crippen LogP contribution in [0.4, 0.5) is 4.39 Å². The molecule has 5 nitrogen and oxygen atoms in total. The van der Waals surface area contributed by atoms with Gasteiger partial charge >= 0.3 is 0 Å². The number of halogens is 1. The number of benzene rings is 1. The smallest absolute Gasteiger partial charge is 0.243 e. The Labute approximate surface area is 124 Å². The second kappa shape index (κ2) is 6.54. The summed E-state index contributed by atoms with van der Waals surface area (Å²) in [6, 6.07) is 3.35. The number of sulfonamides is 1. The van der Waals surface area contributed by atoms with Gasteiger partial charge in [0, 0.05) is 13.6 Å². The van der Waals surface area contributed by atoms with Crippen molar-refractivity contribution in [1.29, 1.82) is 0 Å². The molecule has 0 aliphatic carbocycles. The fourth-order valence-electron chi connectivity index (χ4n) is 1.70. The van der Waals surface area contributed by atoms with Crippen molar-refractivity contribution < 1.29 is 23.0 Å². The van der Waals surface area contributed by atoms with Crippen molar-refractivity contribution in [3.8, 4) is 11.8 Å². The van der Waals surface area contributed by atoms with E-state index in [0.717, 1.165) is 10.4 Å². The lowest BCUT2D eigenvalue weighted by molar-refractivity contribution is 0.0640. The molecular formula is C14H18FNO4S. The molecule has 0 saturated heterocycles. The fourth-order valence-corrected chi connectivity index (χ4v) is 3.04. The maximum Gasteiger partial charge on any atom is 0.243 e. The van der Waals surface area contributed by atoms with Gasteiger partial charge in [-0.25, -0.2) is 12.8 Å². The summed E-state index contributed by atoms with van der Waals surface area (Å²) in [6.45, 7) is 2.43. The van der Waals surface area contributed by atoms with Gasteiger partial charge in [-0.05, 0) is 32.0 Å². The highest BCUT2D eigenvalue weighted by molar-refractivity contribution is 7.89. The Kier molecular flexibility index (Phi) is 5.48. The lowest BCUT2D eigenvalue weighted by atomic mass is 10.1. The van der Waals surface area contributed by atoms with Crippen LogP contribution in [0, 0.1) is 17.7 Å². The normalized spacial score (nSPS) is 12.1. The van der Waals surface area contributed by atoms with Crippen LogP contribution in [0.5, 0.6) is 0 Å². The largest absolute Gasteiger partial charge is 0.389 e. The SMILES string of the molecule is CN(CC(C)(C)O)S(=O)(=O)c1ccc(C#CCO)c(F)c1. The Hall–Kier alpha value is -1.46. The van der Waals surface area contributed by atoms with Gasteiger partial charge in [0.15, 0.2) is 0 Å². The van der Waals surface area contributed by atoms with Crippen molar-refractivity contribution in [3.63, 3.8) is 0 Å². The summed E-state index contributed by atoms with van der Waals surface area (Å²) in [5, 5.41) is 18.2. The molecule has 1 aromatic carbocycles. The Bertz CT molecular complexity index is 668. The molecule has 0 aliphatic heterocycles. The molecule has 0 unspecified atom stereocenters. The topological polar surface area (TPSA) is 77.8 Å². The highest BCUT2D eigenvalue weighted by Crippen LogP contribution is 2.19. The third-order valence-electron chi connectivity index (χ3n) is 2.56. The lowest BCUT2D eigenvalue weighted by Crippen LogP contribution is -2.39. The molecule has 0 amide bonds. The van der Waals surface area contributed by atoms with E-state index in [2.05, 4.69) is 11.8 Å². The van der Waals surface area contributed by atoms with E-state index in [9.17, 15) is 17.9 Å². The third kappa shape index (κ3) is 4.79. The van der Waals surface area contributed by atoms with Crippen molar-refractivity contribution in [2.75, 3.05) is 20.2 Å². The van der Waals surface area contributed by atoms with Gasteiger partial charge in [-0.3, -0.25) is 0 Å². The monoisotopic (exact) mass is 315 g/mol. The maximum absolute atomic E-state index is 13.8. The Morgan fingerprint density at radius 3 is 2.48 bits per heavy atom. The van der Waals surface area contributed by atoms with Gasteiger partial charge in [-0.2, -0.15) is 4.31 Å². The zero-order chi connectivity index (χ0) is 16.3. The second-order valence-electron chi connectivity index (χ2n) is 5.18.